The Hall–Kier alpha value is -9.50. The van der Waals surface area contributed by atoms with Crippen molar-refractivity contribution in [2.24, 2.45) is 29.4 Å². The number of alkyl carbamates (subject to hydrolysis) is 4. The number of hydrogen-bond acceptors (Lipinski definition) is 26. The van der Waals surface area contributed by atoms with E-state index >= 15 is 0 Å². The fourth-order valence-electron chi connectivity index (χ4n) is 9.68. The molecule has 5 atom stereocenters. The van der Waals surface area contributed by atoms with E-state index in [4.69, 9.17) is 44.1 Å². The molecule has 3 fully saturated rings. The number of rotatable bonds is 36. The Kier molecular flexibility index (Phi) is 48.3. The first-order valence-corrected chi connectivity index (χ1v) is 38.8. The Labute approximate surface area is 665 Å². The topological polar surface area (TPSA) is 460 Å². The molecular weight excluding hydrogens is 1480 g/mol. The van der Waals surface area contributed by atoms with Crippen LogP contribution >= 0.6 is 0 Å². The van der Waals surface area contributed by atoms with Gasteiger partial charge in [-0.3, -0.25) is 57.6 Å². The van der Waals surface area contributed by atoms with Crippen LogP contribution in [0.25, 0.3) is 0 Å². The van der Waals surface area contributed by atoms with Gasteiger partial charge < -0.3 is 65.4 Å². The summed E-state index contributed by atoms with van der Waals surface area (Å²) in [4.78, 5) is 198. The summed E-state index contributed by atoms with van der Waals surface area (Å²) < 4.78 is 31.3. The fraction of sp³-hybridized carbons (Fsp3) is 0.722. The van der Waals surface area contributed by atoms with Crippen LogP contribution in [0.4, 0.5) is 24.0 Å². The predicted octanol–water partition coefficient (Wildman–Crippen LogP) is 12.2. The lowest BCUT2D eigenvalue weighted by Gasteiger charge is -2.24. The van der Waals surface area contributed by atoms with E-state index in [2.05, 4.69) is 37.9 Å². The molecule has 0 spiro atoms. The number of aliphatic carboxylic acids is 1. The van der Waals surface area contributed by atoms with E-state index in [1.165, 1.54) is 0 Å². The van der Waals surface area contributed by atoms with Gasteiger partial charge in [0.15, 0.2) is 0 Å². The van der Waals surface area contributed by atoms with E-state index in [1.807, 2.05) is 99.6 Å². The Morgan fingerprint density at radius 2 is 0.735 bits per heavy atom. The molecule has 3 heterocycles. The van der Waals surface area contributed by atoms with Gasteiger partial charge in [0.2, 0.25) is 0 Å². The first kappa shape index (κ1) is 104. The number of nitrogens with two attached hydrogens (primary N) is 1. The summed E-state index contributed by atoms with van der Waals surface area (Å²) in [5.74, 6) is -7.20. The van der Waals surface area contributed by atoms with Crippen LogP contribution in [0.2, 0.25) is 0 Å². The van der Waals surface area contributed by atoms with Gasteiger partial charge in [0, 0.05) is 77.0 Å². The number of carbonyl (C=O) groups excluding carboxylic acids is 15. The number of carboxylic acids is 1. The molecule has 34 heteroatoms. The van der Waals surface area contributed by atoms with E-state index < -0.39 is 124 Å². The van der Waals surface area contributed by atoms with E-state index in [-0.39, 0.29) is 91.2 Å². The van der Waals surface area contributed by atoms with Crippen LogP contribution in [0.15, 0.2) is 30.3 Å². The second-order valence-corrected chi connectivity index (χ2v) is 32.4. The van der Waals surface area contributed by atoms with Gasteiger partial charge >= 0.3 is 54.4 Å². The highest BCUT2D eigenvalue weighted by Crippen LogP contribution is 2.24. The van der Waals surface area contributed by atoms with Crippen LogP contribution in [0.1, 0.15) is 285 Å². The summed E-state index contributed by atoms with van der Waals surface area (Å²) in [6, 6.07) is 8.98. The number of amides is 10. The third-order valence-corrected chi connectivity index (χ3v) is 15.6. The van der Waals surface area contributed by atoms with Gasteiger partial charge in [-0.15, -0.1) is 5.06 Å². The first-order valence-electron chi connectivity index (χ1n) is 38.8. The molecule has 0 aliphatic carbocycles. The largest absolute Gasteiger partial charge is 0.560 e. The molecule has 7 N–H and O–H groups in total. The Balaban J connectivity index is 0.00000147. The number of ether oxygens (including phenoxy) is 6. The Morgan fingerprint density at radius 3 is 1.10 bits per heavy atom. The second kappa shape index (κ2) is 52.7. The summed E-state index contributed by atoms with van der Waals surface area (Å²) in [5, 5.41) is 20.5. The van der Waals surface area contributed by atoms with Crippen molar-refractivity contribution in [2.75, 3.05) is 26.2 Å². The van der Waals surface area contributed by atoms with Gasteiger partial charge in [0.1, 0.15) is 46.4 Å². The average Bonchev–Trinajstić information content (AvgIpc) is 1.15. The monoisotopic (exact) mass is 1610 g/mol. The molecule has 1 aromatic rings. The van der Waals surface area contributed by atoms with Gasteiger partial charge in [-0.1, -0.05) is 113 Å². The third-order valence-electron chi connectivity index (χ3n) is 15.6. The van der Waals surface area contributed by atoms with Gasteiger partial charge in [-0.2, -0.15) is 4.79 Å². The van der Waals surface area contributed by atoms with Crippen LogP contribution in [0.3, 0.4) is 0 Å². The van der Waals surface area contributed by atoms with Crippen molar-refractivity contribution in [3.8, 4) is 0 Å². The number of unbranched alkanes of at least 4 members (excludes halogenated alkanes) is 6. The average molecular weight is 1610 g/mol. The zero-order valence-corrected chi connectivity index (χ0v) is 70.1. The van der Waals surface area contributed by atoms with Crippen molar-refractivity contribution in [1.82, 2.24) is 36.5 Å². The smallest absolute Gasteiger partial charge is 0.481 e. The number of carboxylic acid groups (broad SMARTS) is 1. The lowest BCUT2D eigenvalue weighted by atomic mass is 9.89. The van der Waals surface area contributed by atoms with Crippen LogP contribution < -0.4 is 27.0 Å². The van der Waals surface area contributed by atoms with Gasteiger partial charge in [-0.05, 0) is 167 Å². The summed E-state index contributed by atoms with van der Waals surface area (Å²) >= 11 is 0. The number of nitrogens with zero attached hydrogens (tertiary/aromatic N) is 3. The molecule has 0 unspecified atom stereocenters. The minimum atomic E-state index is -1.48. The van der Waals surface area contributed by atoms with Crippen molar-refractivity contribution >= 4 is 95.6 Å². The van der Waals surface area contributed by atoms with Crippen LogP contribution in [0.5, 0.6) is 0 Å². The molecule has 3 aliphatic rings. The molecule has 0 saturated carbocycles. The second-order valence-electron chi connectivity index (χ2n) is 32.4. The molecular formula is C79H130N8O26. The Morgan fingerprint density at radius 1 is 0.407 bits per heavy atom. The zero-order chi connectivity index (χ0) is 86.5. The molecule has 0 bridgehead atoms. The summed E-state index contributed by atoms with van der Waals surface area (Å²) in [6.07, 6.45) is 8.74. The Bertz CT molecular complexity index is 3130. The third kappa shape index (κ3) is 52.4. The highest BCUT2D eigenvalue weighted by Gasteiger charge is 2.39. The maximum atomic E-state index is 12.9. The molecule has 10 amide bonds. The first-order chi connectivity index (χ1) is 52.3. The van der Waals surface area contributed by atoms with Crippen molar-refractivity contribution in [3.05, 3.63) is 35.9 Å². The molecule has 0 radical (unpaired) electrons. The molecule has 3 aliphatic heterocycles. The predicted molar refractivity (Wildman–Crippen MR) is 412 cm³/mol. The lowest BCUT2D eigenvalue weighted by molar-refractivity contribution is -0.200. The van der Waals surface area contributed by atoms with E-state index in [0.29, 0.717) is 82.6 Å². The summed E-state index contributed by atoms with van der Waals surface area (Å²) in [7, 11) is 0. The van der Waals surface area contributed by atoms with Crippen molar-refractivity contribution in [1.29, 1.82) is 0 Å². The maximum Gasteiger partial charge on any atom is 0.560 e. The number of hydrogen-bond donors (Lipinski definition) is 6. The molecule has 0 aromatic heterocycles. The summed E-state index contributed by atoms with van der Waals surface area (Å²) in [5.41, 5.74) is 3.97. The molecule has 1 aromatic carbocycles. The van der Waals surface area contributed by atoms with E-state index in [9.17, 15) is 76.7 Å². The van der Waals surface area contributed by atoms with Gasteiger partial charge in [0.25, 0.3) is 35.4 Å². The number of ketones is 1. The molecule has 113 heavy (non-hydrogen) atoms. The number of benzene rings is 1. The highest BCUT2D eigenvalue weighted by molar-refractivity contribution is 6.03. The van der Waals surface area contributed by atoms with Crippen molar-refractivity contribution in [2.45, 2.75) is 320 Å². The quantitative estimate of drug-likeness (QED) is 0.0157. The normalized spacial score (nSPS) is 14.8. The number of carbonyl (C=O) groups is 16. The van der Waals surface area contributed by atoms with Crippen molar-refractivity contribution < 1.29 is 125 Å². The van der Waals surface area contributed by atoms with Crippen LogP contribution in [0, 0.1) is 23.7 Å². The summed E-state index contributed by atoms with van der Waals surface area (Å²) in [6.45, 7) is 36.6. The molecule has 4 rings (SSSR count). The minimum Gasteiger partial charge on any atom is -0.481 e. The zero-order valence-electron chi connectivity index (χ0n) is 70.1. The van der Waals surface area contributed by atoms with Gasteiger partial charge in [0.05, 0.1) is 17.8 Å². The van der Waals surface area contributed by atoms with Crippen LogP contribution in [-0.4, -0.2) is 176 Å². The molecule has 34 nitrogen and oxygen atoms in total. The minimum absolute atomic E-state index is 0.0265. The van der Waals surface area contributed by atoms with Gasteiger partial charge in [-0.25, -0.2) is 24.0 Å². The standard InChI is InChI=1S/C31H50N2O7.C16H26N2O6.C12H23NO4.C11H23NO2.C9H8N2O7/c1-23(15-11-13-20-33-29(37)40-31(5,6)7)26(34)21-25(27(35)39-30(2,3)4)18-12-14-19-32-28(36)38-22-24-16-9-8-10-17-24;1-11(14(21)24-18-12(19)8-9-13(18)20)7-5-6-10-17-15(22)23-16(2,3)4;1-9(10(14)15)7-5-6-8-13-11(16)17-12(2,3)4;1-5-6-7-8-9(12)10(13)14-11(2,3)4;12-5-1-2-6(13)10(5)17-9(16)18-11-7(14)3-4-8(11)15/h8-10,16-17,23,25H,11-15,18-22H2,1-7H3,(H,32,36)(H,33,37);11H,5-10H2,1-4H3,(H,17,22);9H,5-8H2,1-4H3,(H,13,16)(H,14,15);9H,5-8,12H2,1-4H3;1-4H2/t23-,25+;11-;2*9-;/m0000./s1. The number of nitrogens with one attached hydrogen (secondary N) is 4. The van der Waals surface area contributed by atoms with E-state index in [1.54, 1.807) is 55.4 Å². The molecule has 642 valence electrons. The fourth-order valence-corrected chi connectivity index (χ4v) is 9.68. The maximum absolute atomic E-state index is 12.9. The molecule has 3 saturated heterocycles. The number of hydroxylamine groups is 6. The number of Topliss-reactive ketones (excluding diaryl/α,β-unsaturated/α-hetero) is 1. The SMILES string of the molecule is CCCCC[C@H](N)C(=O)OC(C)(C)C.C[C@@H](CCCCNC(=O)OC(C)(C)C)C(=O)C[C@@H](CCCCNC(=O)OCc1ccccc1)C(=O)OC(C)(C)C.C[C@@H](CCCCNC(=O)OC(C)(C)C)C(=O)O.C[C@@H](CCCCNC(=O)OC(C)(C)C)C(=O)ON1C(=O)CCC1=O.O=C(ON1C(=O)CCC1=O)ON1C(=O)CCC1=O. The number of imide groups is 3. The van der Waals surface area contributed by atoms with Crippen LogP contribution in [-0.2, 0) is 102 Å². The number of esters is 2. The van der Waals surface area contributed by atoms with E-state index in [0.717, 1.165) is 56.9 Å². The lowest BCUT2D eigenvalue weighted by Crippen LogP contribution is -2.37. The van der Waals surface area contributed by atoms with Crippen molar-refractivity contribution in [3.63, 3.8) is 0 Å². The highest BCUT2D eigenvalue weighted by atomic mass is 16.9.